The number of carbonyl (C=O) groups is 3. The van der Waals surface area contributed by atoms with E-state index in [1.807, 2.05) is 19.9 Å². The Morgan fingerprint density at radius 1 is 1.13 bits per heavy atom. The van der Waals surface area contributed by atoms with E-state index < -0.39 is 12.0 Å². The Kier molecular flexibility index (Phi) is 6.54. The second-order valence-electron chi connectivity index (χ2n) is 7.32. The number of nitrogens with one attached hydrogen (secondary N) is 2. The molecule has 1 aliphatic rings. The molecule has 162 valence electrons. The molecular formula is C22H25N5O4. The zero-order valence-corrected chi connectivity index (χ0v) is 17.8. The van der Waals surface area contributed by atoms with E-state index in [1.165, 1.54) is 9.91 Å². The summed E-state index contributed by atoms with van der Waals surface area (Å²) in [4.78, 5) is 42.7. The molecule has 3 rings (SSSR count). The topological polar surface area (TPSA) is 103 Å². The first kappa shape index (κ1) is 21.8. The normalized spacial score (nSPS) is 15.8. The lowest BCUT2D eigenvalue weighted by Gasteiger charge is -2.30. The number of benzene rings is 2. The number of nitrogens with zero attached hydrogens (tertiary/aromatic N) is 3. The zero-order chi connectivity index (χ0) is 22.5. The number of para-hydroxylation sites is 1. The molecule has 2 N–H and O–H groups in total. The van der Waals surface area contributed by atoms with Crippen molar-refractivity contribution in [1.29, 1.82) is 0 Å². The molecule has 2 aromatic rings. The molecule has 1 atom stereocenters. The van der Waals surface area contributed by atoms with Crippen molar-refractivity contribution in [2.24, 2.45) is 4.99 Å². The van der Waals surface area contributed by atoms with Crippen LogP contribution in [0.4, 0.5) is 16.2 Å². The molecule has 1 aliphatic heterocycles. The molecule has 3 amide bonds. The molecule has 1 heterocycles. The van der Waals surface area contributed by atoms with Crippen LogP contribution in [0.2, 0.25) is 0 Å². The van der Waals surface area contributed by atoms with Crippen LogP contribution in [0.25, 0.3) is 0 Å². The summed E-state index contributed by atoms with van der Waals surface area (Å²) < 4.78 is 5.39. The van der Waals surface area contributed by atoms with Crippen LogP contribution < -0.4 is 25.4 Å². The number of amides is 3. The molecule has 0 saturated carbocycles. The van der Waals surface area contributed by atoms with Crippen molar-refractivity contribution in [3.63, 3.8) is 0 Å². The number of ether oxygens (including phenoxy) is 1. The van der Waals surface area contributed by atoms with Crippen LogP contribution in [0.1, 0.15) is 20.8 Å². The van der Waals surface area contributed by atoms with Crippen LogP contribution in [-0.4, -0.2) is 42.9 Å². The van der Waals surface area contributed by atoms with Gasteiger partial charge in [0.25, 0.3) is 5.91 Å². The summed E-state index contributed by atoms with van der Waals surface area (Å²) in [5.74, 6) is -0.797. The number of hydrogen-bond donors (Lipinski definition) is 2. The first-order chi connectivity index (χ1) is 14.8. The van der Waals surface area contributed by atoms with Crippen LogP contribution >= 0.6 is 0 Å². The standard InChI is InChI=1S/C22H25N5O4/c1-14(2)23-22(30)26(4)16-10-12-18(13-11-16)31-21(29)19-24-15(3)20(28)27(25-19)17-8-6-5-7-9-17/h5-15H,1-4H3,(H,23,30)(H,24,25). The Morgan fingerprint density at radius 3 is 2.39 bits per heavy atom. The van der Waals surface area contributed by atoms with Gasteiger partial charge in [-0.2, -0.15) is 0 Å². The predicted octanol–water partition coefficient (Wildman–Crippen LogP) is 2.48. The average molecular weight is 423 g/mol. The third-order valence-corrected chi connectivity index (χ3v) is 4.48. The lowest BCUT2D eigenvalue weighted by Crippen LogP contribution is -2.56. The molecule has 0 bridgehead atoms. The third-order valence-electron chi connectivity index (χ3n) is 4.48. The van der Waals surface area contributed by atoms with E-state index in [0.717, 1.165) is 0 Å². The quantitative estimate of drug-likeness (QED) is 0.568. The highest BCUT2D eigenvalue weighted by molar-refractivity contribution is 6.37. The van der Waals surface area contributed by atoms with Crippen LogP contribution in [0, 0.1) is 0 Å². The van der Waals surface area contributed by atoms with E-state index >= 15 is 0 Å². The molecule has 0 saturated heterocycles. The summed E-state index contributed by atoms with van der Waals surface area (Å²) in [6, 6.07) is 14.5. The lowest BCUT2D eigenvalue weighted by molar-refractivity contribution is -0.127. The number of carbonyl (C=O) groups excluding carboxylic acids is 3. The Bertz CT molecular complexity index is 989. The minimum Gasteiger partial charge on any atom is -0.421 e. The smallest absolute Gasteiger partial charge is 0.380 e. The fraction of sp³-hybridized carbons (Fsp3) is 0.273. The number of aliphatic imine (C=N–C) groups is 1. The molecule has 2 aromatic carbocycles. The maximum Gasteiger partial charge on any atom is 0.380 e. The molecule has 0 fully saturated rings. The van der Waals surface area contributed by atoms with Crippen molar-refractivity contribution in [2.75, 3.05) is 17.0 Å². The van der Waals surface area contributed by atoms with Crippen LogP contribution in [0.3, 0.4) is 0 Å². The summed E-state index contributed by atoms with van der Waals surface area (Å²) in [5.41, 5.74) is 3.96. The highest BCUT2D eigenvalue weighted by Gasteiger charge is 2.31. The summed E-state index contributed by atoms with van der Waals surface area (Å²) in [7, 11) is 1.65. The summed E-state index contributed by atoms with van der Waals surface area (Å²) >= 11 is 0. The number of anilines is 2. The van der Waals surface area contributed by atoms with Crippen molar-refractivity contribution in [3.8, 4) is 5.75 Å². The van der Waals surface area contributed by atoms with Gasteiger partial charge in [0, 0.05) is 18.8 Å². The van der Waals surface area contributed by atoms with Crippen LogP contribution in [-0.2, 0) is 9.59 Å². The van der Waals surface area contributed by atoms with Crippen LogP contribution in [0.5, 0.6) is 5.75 Å². The first-order valence-corrected chi connectivity index (χ1v) is 9.86. The molecule has 9 nitrogen and oxygen atoms in total. The van der Waals surface area contributed by atoms with Gasteiger partial charge in [0.05, 0.1) is 5.69 Å². The Morgan fingerprint density at radius 2 is 1.77 bits per heavy atom. The molecule has 0 spiro atoms. The maximum absolute atomic E-state index is 12.6. The summed E-state index contributed by atoms with van der Waals surface area (Å²) in [6.45, 7) is 5.37. The van der Waals surface area contributed by atoms with Gasteiger partial charge in [0.15, 0.2) is 0 Å². The van der Waals surface area contributed by atoms with Crippen molar-refractivity contribution in [2.45, 2.75) is 32.9 Å². The van der Waals surface area contributed by atoms with Crippen molar-refractivity contribution < 1.29 is 19.1 Å². The molecule has 0 radical (unpaired) electrons. The maximum atomic E-state index is 12.6. The molecular weight excluding hydrogens is 398 g/mol. The molecule has 1 unspecified atom stereocenters. The van der Waals surface area contributed by atoms with E-state index in [9.17, 15) is 14.4 Å². The largest absolute Gasteiger partial charge is 0.421 e. The first-order valence-electron chi connectivity index (χ1n) is 9.86. The van der Waals surface area contributed by atoms with E-state index in [4.69, 9.17) is 4.74 Å². The van der Waals surface area contributed by atoms with Gasteiger partial charge in [-0.25, -0.2) is 19.6 Å². The average Bonchev–Trinajstić information content (AvgIpc) is 2.75. The second kappa shape index (κ2) is 9.29. The van der Waals surface area contributed by atoms with E-state index in [-0.39, 0.29) is 29.6 Å². The minimum absolute atomic E-state index is 0.0173. The highest BCUT2D eigenvalue weighted by Crippen LogP contribution is 2.20. The van der Waals surface area contributed by atoms with Crippen molar-refractivity contribution in [3.05, 3.63) is 54.6 Å². The summed E-state index contributed by atoms with van der Waals surface area (Å²) in [5, 5.41) is 4.08. The molecule has 0 aromatic heterocycles. The number of esters is 1. The van der Waals surface area contributed by atoms with E-state index in [0.29, 0.717) is 11.4 Å². The Balaban J connectivity index is 1.69. The van der Waals surface area contributed by atoms with Gasteiger partial charge in [-0.05, 0) is 57.2 Å². The van der Waals surface area contributed by atoms with Gasteiger partial charge >= 0.3 is 12.0 Å². The molecule has 0 aliphatic carbocycles. The third kappa shape index (κ3) is 5.19. The van der Waals surface area contributed by atoms with Crippen molar-refractivity contribution in [1.82, 2.24) is 10.7 Å². The number of urea groups is 1. The predicted molar refractivity (Wildman–Crippen MR) is 118 cm³/mol. The monoisotopic (exact) mass is 423 g/mol. The van der Waals surface area contributed by atoms with Gasteiger partial charge < -0.3 is 10.1 Å². The number of rotatable bonds is 5. The van der Waals surface area contributed by atoms with E-state index in [1.54, 1.807) is 62.5 Å². The molecule has 9 heteroatoms. The Labute approximate surface area is 180 Å². The number of amidine groups is 1. The number of hydrogen-bond acceptors (Lipinski definition) is 6. The van der Waals surface area contributed by atoms with Gasteiger partial charge in [-0.3, -0.25) is 15.1 Å². The zero-order valence-electron chi connectivity index (χ0n) is 17.8. The summed E-state index contributed by atoms with van der Waals surface area (Å²) in [6.07, 6.45) is 0. The fourth-order valence-electron chi connectivity index (χ4n) is 2.85. The lowest BCUT2D eigenvalue weighted by atomic mass is 10.2. The second-order valence-corrected chi connectivity index (χ2v) is 7.32. The van der Waals surface area contributed by atoms with Crippen LogP contribution in [0.15, 0.2) is 59.6 Å². The molecule has 31 heavy (non-hydrogen) atoms. The van der Waals surface area contributed by atoms with Gasteiger partial charge in [0.1, 0.15) is 11.8 Å². The number of hydrazine groups is 1. The van der Waals surface area contributed by atoms with Gasteiger partial charge in [0.2, 0.25) is 5.84 Å². The van der Waals surface area contributed by atoms with Crippen molar-refractivity contribution >= 4 is 35.1 Å². The Hall–Kier alpha value is -3.88. The van der Waals surface area contributed by atoms with Gasteiger partial charge in [-0.15, -0.1) is 0 Å². The van der Waals surface area contributed by atoms with E-state index in [2.05, 4.69) is 15.7 Å². The van der Waals surface area contributed by atoms with Gasteiger partial charge in [-0.1, -0.05) is 18.2 Å². The minimum atomic E-state index is -0.737. The SMILES string of the molecule is CC(C)NC(=O)N(C)c1ccc(OC(=O)C2=NC(C)C(=O)N(c3ccccc3)N2)cc1. The highest BCUT2D eigenvalue weighted by atomic mass is 16.5. The fourth-order valence-corrected chi connectivity index (χ4v) is 2.85.